The zero-order chi connectivity index (χ0) is 7.72. The average Bonchev–Trinajstić information content (AvgIpc) is 2.14. The lowest BCUT2D eigenvalue weighted by atomic mass is 10.1. The first-order valence-electron chi connectivity index (χ1n) is 3.22. The Bertz CT molecular complexity index is 145. The molecular weight excluding hydrogens is 136 g/mol. The summed E-state index contributed by atoms with van der Waals surface area (Å²) in [6.07, 6.45) is -1.16. The molecule has 1 aliphatic carbocycles. The van der Waals surface area contributed by atoms with E-state index in [2.05, 4.69) is 0 Å². The minimum Gasteiger partial charge on any atom is -0.481 e. The van der Waals surface area contributed by atoms with E-state index in [1.807, 2.05) is 0 Å². The van der Waals surface area contributed by atoms with Crippen molar-refractivity contribution in [3.05, 3.63) is 0 Å². The summed E-state index contributed by atoms with van der Waals surface area (Å²) in [7, 11) is 0. The van der Waals surface area contributed by atoms with Gasteiger partial charge in [-0.25, -0.2) is 0 Å². The summed E-state index contributed by atoms with van der Waals surface area (Å²) in [6.45, 7) is 0. The van der Waals surface area contributed by atoms with Crippen LogP contribution in [0.25, 0.3) is 0 Å². The van der Waals surface area contributed by atoms with Crippen LogP contribution in [-0.4, -0.2) is 33.5 Å². The molecule has 0 bridgehead atoms. The van der Waals surface area contributed by atoms with Crippen LogP contribution in [-0.2, 0) is 4.79 Å². The summed E-state index contributed by atoms with van der Waals surface area (Å²) in [5.74, 6) is -1.79. The molecule has 0 aromatic rings. The molecule has 0 radical (unpaired) electrons. The Kier molecular flexibility index (Phi) is 1.92. The molecule has 0 aliphatic heterocycles. The summed E-state index contributed by atoms with van der Waals surface area (Å²) >= 11 is 0. The molecule has 0 heterocycles. The van der Waals surface area contributed by atoms with Gasteiger partial charge in [0.15, 0.2) is 0 Å². The van der Waals surface area contributed by atoms with E-state index < -0.39 is 24.1 Å². The molecule has 0 aromatic heterocycles. The summed E-state index contributed by atoms with van der Waals surface area (Å²) in [5.41, 5.74) is 0. The topological polar surface area (TPSA) is 77.8 Å². The molecule has 0 amide bonds. The van der Waals surface area contributed by atoms with Crippen LogP contribution >= 0.6 is 0 Å². The average molecular weight is 146 g/mol. The number of hydrogen-bond donors (Lipinski definition) is 3. The SMILES string of the molecule is O=C(O)[C@H]1CC[C@H](O)[C@@H]1O. The Hall–Kier alpha value is -0.610. The number of aliphatic hydroxyl groups excluding tert-OH is 2. The third kappa shape index (κ3) is 1.12. The largest absolute Gasteiger partial charge is 0.481 e. The van der Waals surface area contributed by atoms with E-state index in [0.29, 0.717) is 12.8 Å². The summed E-state index contributed by atoms with van der Waals surface area (Å²) in [6, 6.07) is 0. The Morgan fingerprint density at radius 3 is 2.10 bits per heavy atom. The molecular formula is C6H10O4. The highest BCUT2D eigenvalue weighted by Crippen LogP contribution is 2.25. The van der Waals surface area contributed by atoms with E-state index in [9.17, 15) is 4.79 Å². The van der Waals surface area contributed by atoms with Crippen LogP contribution in [0.4, 0.5) is 0 Å². The number of carboxylic acid groups (broad SMARTS) is 1. The maximum absolute atomic E-state index is 10.3. The molecule has 58 valence electrons. The molecule has 1 fully saturated rings. The van der Waals surface area contributed by atoms with Gasteiger partial charge in [-0.3, -0.25) is 4.79 Å². The predicted molar refractivity (Wildman–Crippen MR) is 32.4 cm³/mol. The molecule has 4 nitrogen and oxygen atoms in total. The number of carbonyl (C=O) groups is 1. The number of carboxylic acids is 1. The standard InChI is InChI=1S/C6H10O4/c7-4-2-1-3(5(4)8)6(9)10/h3-5,7-8H,1-2H2,(H,9,10)/t3-,4-,5+/m0/s1. The molecule has 1 aliphatic rings. The maximum Gasteiger partial charge on any atom is 0.309 e. The molecule has 3 atom stereocenters. The van der Waals surface area contributed by atoms with Crippen molar-refractivity contribution in [3.63, 3.8) is 0 Å². The van der Waals surface area contributed by atoms with Crippen LogP contribution in [0.15, 0.2) is 0 Å². The van der Waals surface area contributed by atoms with E-state index in [-0.39, 0.29) is 0 Å². The smallest absolute Gasteiger partial charge is 0.309 e. The molecule has 3 N–H and O–H groups in total. The third-order valence-corrected chi connectivity index (χ3v) is 1.90. The first-order valence-corrected chi connectivity index (χ1v) is 3.22. The fourth-order valence-corrected chi connectivity index (χ4v) is 1.23. The second kappa shape index (κ2) is 2.56. The van der Waals surface area contributed by atoms with Crippen LogP contribution in [0.1, 0.15) is 12.8 Å². The Balaban J connectivity index is 2.57. The Labute approximate surface area is 58.1 Å². The van der Waals surface area contributed by atoms with E-state index in [1.54, 1.807) is 0 Å². The van der Waals surface area contributed by atoms with Gasteiger partial charge in [0.25, 0.3) is 0 Å². The molecule has 0 unspecified atom stereocenters. The monoisotopic (exact) mass is 146 g/mol. The first-order chi connectivity index (χ1) is 4.63. The Morgan fingerprint density at radius 2 is 1.90 bits per heavy atom. The third-order valence-electron chi connectivity index (χ3n) is 1.90. The molecule has 0 aromatic carbocycles. The van der Waals surface area contributed by atoms with Gasteiger partial charge < -0.3 is 15.3 Å². The van der Waals surface area contributed by atoms with Crippen molar-refractivity contribution in [2.24, 2.45) is 5.92 Å². The van der Waals surface area contributed by atoms with Gasteiger partial charge in [0.05, 0.1) is 18.1 Å². The van der Waals surface area contributed by atoms with Crippen molar-refractivity contribution >= 4 is 5.97 Å². The van der Waals surface area contributed by atoms with Crippen molar-refractivity contribution in [3.8, 4) is 0 Å². The fraction of sp³-hybridized carbons (Fsp3) is 0.833. The number of aliphatic carboxylic acids is 1. The zero-order valence-electron chi connectivity index (χ0n) is 5.40. The highest BCUT2D eigenvalue weighted by molar-refractivity contribution is 5.71. The number of hydrogen-bond acceptors (Lipinski definition) is 3. The molecule has 10 heavy (non-hydrogen) atoms. The molecule has 0 spiro atoms. The summed E-state index contributed by atoms with van der Waals surface area (Å²) < 4.78 is 0. The van der Waals surface area contributed by atoms with Crippen molar-refractivity contribution in [2.45, 2.75) is 25.0 Å². The van der Waals surface area contributed by atoms with Gasteiger partial charge >= 0.3 is 5.97 Å². The van der Waals surface area contributed by atoms with Crippen LogP contribution in [0.2, 0.25) is 0 Å². The maximum atomic E-state index is 10.3. The first kappa shape index (κ1) is 7.50. The van der Waals surface area contributed by atoms with Gasteiger partial charge in [-0.15, -0.1) is 0 Å². The summed E-state index contributed by atoms with van der Waals surface area (Å²) in [4.78, 5) is 10.3. The molecule has 1 rings (SSSR count). The highest BCUT2D eigenvalue weighted by atomic mass is 16.4. The van der Waals surface area contributed by atoms with Gasteiger partial charge in [-0.1, -0.05) is 0 Å². The van der Waals surface area contributed by atoms with Gasteiger partial charge in [0, 0.05) is 0 Å². The molecule has 1 saturated carbocycles. The van der Waals surface area contributed by atoms with Crippen molar-refractivity contribution < 1.29 is 20.1 Å². The highest BCUT2D eigenvalue weighted by Gasteiger charge is 2.37. The zero-order valence-corrected chi connectivity index (χ0v) is 5.40. The van der Waals surface area contributed by atoms with E-state index in [0.717, 1.165) is 0 Å². The second-order valence-electron chi connectivity index (χ2n) is 2.58. The predicted octanol–water partition coefficient (Wildman–Crippen LogP) is -0.797. The van der Waals surface area contributed by atoms with Crippen molar-refractivity contribution in [1.29, 1.82) is 0 Å². The van der Waals surface area contributed by atoms with Crippen LogP contribution in [0.5, 0.6) is 0 Å². The van der Waals surface area contributed by atoms with Gasteiger partial charge in [0.1, 0.15) is 0 Å². The fourth-order valence-electron chi connectivity index (χ4n) is 1.23. The van der Waals surface area contributed by atoms with Crippen LogP contribution in [0, 0.1) is 5.92 Å². The van der Waals surface area contributed by atoms with Crippen LogP contribution < -0.4 is 0 Å². The normalized spacial score (nSPS) is 40.0. The molecule has 4 heteroatoms. The lowest BCUT2D eigenvalue weighted by molar-refractivity contribution is -0.145. The second-order valence-corrected chi connectivity index (χ2v) is 2.58. The van der Waals surface area contributed by atoms with Crippen LogP contribution in [0.3, 0.4) is 0 Å². The quantitative estimate of drug-likeness (QED) is 0.452. The lowest BCUT2D eigenvalue weighted by Crippen LogP contribution is -2.29. The minimum atomic E-state index is -1.07. The Morgan fingerprint density at radius 1 is 1.30 bits per heavy atom. The van der Waals surface area contributed by atoms with E-state index in [4.69, 9.17) is 15.3 Å². The number of aliphatic hydroxyl groups is 2. The van der Waals surface area contributed by atoms with Crippen molar-refractivity contribution in [2.75, 3.05) is 0 Å². The number of rotatable bonds is 1. The molecule has 0 saturated heterocycles. The minimum absolute atomic E-state index is 0.373. The van der Waals surface area contributed by atoms with E-state index in [1.165, 1.54) is 0 Å². The van der Waals surface area contributed by atoms with Crippen molar-refractivity contribution in [1.82, 2.24) is 0 Å². The van der Waals surface area contributed by atoms with Gasteiger partial charge in [-0.05, 0) is 12.8 Å². The lowest BCUT2D eigenvalue weighted by Gasteiger charge is -2.10. The van der Waals surface area contributed by atoms with Gasteiger partial charge in [0.2, 0.25) is 0 Å². The summed E-state index contributed by atoms with van der Waals surface area (Å²) in [5, 5.41) is 26.3. The van der Waals surface area contributed by atoms with E-state index >= 15 is 0 Å². The van der Waals surface area contributed by atoms with Gasteiger partial charge in [-0.2, -0.15) is 0 Å².